The monoisotopic (exact) mass is 364 g/mol. The van der Waals surface area contributed by atoms with E-state index >= 15 is 0 Å². The zero-order valence-electron chi connectivity index (χ0n) is 13.3. The lowest BCUT2D eigenvalue weighted by atomic mass is 9.88. The summed E-state index contributed by atoms with van der Waals surface area (Å²) >= 11 is 5.81. The number of alkyl halides is 3. The second-order valence-electron chi connectivity index (χ2n) is 6.63. The summed E-state index contributed by atoms with van der Waals surface area (Å²) in [6.07, 6.45) is -0.608. The fourth-order valence-corrected chi connectivity index (χ4v) is 4.20. The molecule has 1 aliphatic carbocycles. The van der Waals surface area contributed by atoms with Crippen molar-refractivity contribution in [2.45, 2.75) is 37.9 Å². The number of halogens is 5. The Hall–Kier alpha value is -0.850. The van der Waals surface area contributed by atoms with Gasteiger partial charge in [0.15, 0.2) is 0 Å². The molecule has 7 heteroatoms. The van der Waals surface area contributed by atoms with Gasteiger partial charge < -0.3 is 5.32 Å². The van der Waals surface area contributed by atoms with E-state index in [1.54, 1.807) is 0 Å². The Kier molecular flexibility index (Phi) is 5.37. The first-order valence-electron chi connectivity index (χ1n) is 8.39. The lowest BCUT2D eigenvalue weighted by molar-refractivity contribution is -0.137. The first-order valence-corrected chi connectivity index (χ1v) is 8.76. The lowest BCUT2D eigenvalue weighted by Gasteiger charge is -2.39. The highest BCUT2D eigenvalue weighted by Gasteiger charge is 2.37. The molecule has 1 saturated carbocycles. The molecule has 2 nitrogen and oxygen atoms in total. The summed E-state index contributed by atoms with van der Waals surface area (Å²) in [6, 6.07) is 1.31. The molecule has 134 valence electrons. The topological polar surface area (TPSA) is 15.3 Å². The van der Waals surface area contributed by atoms with Gasteiger partial charge in [-0.3, -0.25) is 4.90 Å². The Morgan fingerprint density at radius 3 is 2.33 bits per heavy atom. The minimum absolute atomic E-state index is 0.101. The van der Waals surface area contributed by atoms with Gasteiger partial charge in [0, 0.05) is 37.8 Å². The molecule has 1 N–H and O–H groups in total. The Labute approximate surface area is 144 Å². The van der Waals surface area contributed by atoms with Crippen LogP contribution in [0.2, 0.25) is 5.02 Å². The van der Waals surface area contributed by atoms with E-state index in [9.17, 15) is 17.6 Å². The fraction of sp³-hybridized carbons (Fsp3) is 0.647. The van der Waals surface area contributed by atoms with Crippen LogP contribution in [0.1, 0.15) is 42.9 Å². The average Bonchev–Trinajstić information content (AvgIpc) is 3.05. The molecule has 0 amide bonds. The summed E-state index contributed by atoms with van der Waals surface area (Å²) in [6.45, 7) is 2.93. The maximum atomic E-state index is 14.7. The van der Waals surface area contributed by atoms with Crippen molar-refractivity contribution < 1.29 is 17.6 Å². The average molecular weight is 365 g/mol. The summed E-state index contributed by atoms with van der Waals surface area (Å²) in [5, 5.41) is 2.79. The normalized spacial score (nSPS) is 22.0. The fourth-order valence-electron chi connectivity index (χ4n) is 3.97. The van der Waals surface area contributed by atoms with Gasteiger partial charge in [0.25, 0.3) is 0 Å². The Morgan fingerprint density at radius 1 is 1.12 bits per heavy atom. The molecule has 3 rings (SSSR count). The first kappa shape index (κ1) is 18.0. The minimum Gasteiger partial charge on any atom is -0.314 e. The van der Waals surface area contributed by atoms with Crippen LogP contribution in [0, 0.1) is 11.7 Å². The molecule has 0 unspecified atom stereocenters. The largest absolute Gasteiger partial charge is 0.416 e. The van der Waals surface area contributed by atoms with Crippen LogP contribution in [0.3, 0.4) is 0 Å². The highest BCUT2D eigenvalue weighted by atomic mass is 35.5. The van der Waals surface area contributed by atoms with Gasteiger partial charge in [-0.05, 0) is 30.9 Å². The molecule has 24 heavy (non-hydrogen) atoms. The lowest BCUT2D eigenvalue weighted by Crippen LogP contribution is -2.47. The molecule has 1 saturated heterocycles. The van der Waals surface area contributed by atoms with E-state index in [4.69, 9.17) is 11.6 Å². The summed E-state index contributed by atoms with van der Waals surface area (Å²) < 4.78 is 54.2. The van der Waals surface area contributed by atoms with Gasteiger partial charge in [0.2, 0.25) is 0 Å². The van der Waals surface area contributed by atoms with Crippen LogP contribution in [-0.2, 0) is 6.18 Å². The maximum Gasteiger partial charge on any atom is 0.416 e. The molecule has 2 fully saturated rings. The van der Waals surface area contributed by atoms with Gasteiger partial charge in [0.05, 0.1) is 10.6 Å². The van der Waals surface area contributed by atoms with E-state index in [1.807, 2.05) is 0 Å². The predicted molar refractivity (Wildman–Crippen MR) is 85.6 cm³/mol. The highest BCUT2D eigenvalue weighted by Crippen LogP contribution is 2.43. The van der Waals surface area contributed by atoms with Gasteiger partial charge in [-0.2, -0.15) is 13.2 Å². The molecular formula is C17H21ClF4N2. The van der Waals surface area contributed by atoms with Crippen molar-refractivity contribution in [3.63, 3.8) is 0 Å². The van der Waals surface area contributed by atoms with E-state index in [-0.39, 0.29) is 17.5 Å². The highest BCUT2D eigenvalue weighted by molar-refractivity contribution is 6.30. The predicted octanol–water partition coefficient (Wildman–Crippen LogP) is 4.63. The number of hydrogen-bond acceptors (Lipinski definition) is 2. The van der Waals surface area contributed by atoms with Crippen molar-refractivity contribution in [2.24, 2.45) is 5.92 Å². The van der Waals surface area contributed by atoms with Crippen LogP contribution >= 0.6 is 11.6 Å². The molecule has 0 radical (unpaired) electrons. The van der Waals surface area contributed by atoms with Crippen molar-refractivity contribution in [3.05, 3.63) is 34.1 Å². The van der Waals surface area contributed by atoms with Crippen molar-refractivity contribution in [3.8, 4) is 0 Å². The van der Waals surface area contributed by atoms with Crippen LogP contribution in [-0.4, -0.2) is 31.1 Å². The minimum atomic E-state index is -4.53. The molecule has 0 aromatic heterocycles. The third kappa shape index (κ3) is 3.70. The zero-order valence-corrected chi connectivity index (χ0v) is 14.1. The Bertz CT molecular complexity index is 579. The third-order valence-electron chi connectivity index (χ3n) is 5.09. The van der Waals surface area contributed by atoms with Gasteiger partial charge >= 0.3 is 6.18 Å². The standard InChI is InChI=1S/C17H21ClF4N2/c18-14-10-12(17(20,21)22)9-13(15(14)19)16(11-3-1-2-4-11)24-7-5-23-6-8-24/h9-11,16,23H,1-8H2/t16-/m1/s1. The second-order valence-corrected chi connectivity index (χ2v) is 7.04. The quantitative estimate of drug-likeness (QED) is 0.786. The van der Waals surface area contributed by atoms with Gasteiger partial charge in [-0.25, -0.2) is 4.39 Å². The summed E-state index contributed by atoms with van der Waals surface area (Å²) in [5.41, 5.74) is -0.773. The molecule has 1 heterocycles. The molecule has 2 aliphatic rings. The van der Waals surface area contributed by atoms with E-state index in [2.05, 4.69) is 10.2 Å². The molecule has 0 spiro atoms. The SMILES string of the molecule is Fc1c(Cl)cc(C(F)(F)F)cc1[C@@H](C1CCCC1)N1CCNCC1. The van der Waals surface area contributed by atoms with Crippen molar-refractivity contribution in [1.82, 2.24) is 10.2 Å². The van der Waals surface area contributed by atoms with E-state index in [0.717, 1.165) is 44.8 Å². The number of hydrogen-bond donors (Lipinski definition) is 1. The van der Waals surface area contributed by atoms with Crippen LogP contribution in [0.4, 0.5) is 17.6 Å². The molecule has 0 bridgehead atoms. The van der Waals surface area contributed by atoms with Crippen LogP contribution < -0.4 is 5.32 Å². The van der Waals surface area contributed by atoms with Crippen LogP contribution in [0.5, 0.6) is 0 Å². The van der Waals surface area contributed by atoms with Gasteiger partial charge in [0.1, 0.15) is 5.82 Å². The number of nitrogens with zero attached hydrogens (tertiary/aromatic N) is 1. The third-order valence-corrected chi connectivity index (χ3v) is 5.37. The Balaban J connectivity index is 2.04. The maximum absolute atomic E-state index is 14.7. The molecule has 1 aliphatic heterocycles. The Morgan fingerprint density at radius 2 is 1.75 bits per heavy atom. The number of nitrogens with one attached hydrogen (secondary N) is 1. The number of rotatable bonds is 3. The number of piperazine rings is 1. The van der Waals surface area contributed by atoms with E-state index in [1.165, 1.54) is 0 Å². The van der Waals surface area contributed by atoms with Crippen LogP contribution in [0.25, 0.3) is 0 Å². The molecule has 1 aromatic rings. The van der Waals surface area contributed by atoms with E-state index in [0.29, 0.717) is 19.2 Å². The first-order chi connectivity index (χ1) is 11.4. The second kappa shape index (κ2) is 7.18. The van der Waals surface area contributed by atoms with Crippen molar-refractivity contribution in [1.29, 1.82) is 0 Å². The summed E-state index contributed by atoms with van der Waals surface area (Å²) in [7, 11) is 0. The smallest absolute Gasteiger partial charge is 0.314 e. The summed E-state index contributed by atoms with van der Waals surface area (Å²) in [4.78, 5) is 2.11. The molecular weight excluding hydrogens is 344 g/mol. The van der Waals surface area contributed by atoms with Gasteiger partial charge in [-0.15, -0.1) is 0 Å². The summed E-state index contributed by atoms with van der Waals surface area (Å²) in [5.74, 6) is -0.530. The molecule has 1 aromatic carbocycles. The number of benzene rings is 1. The molecule has 1 atom stereocenters. The van der Waals surface area contributed by atoms with E-state index < -0.39 is 22.6 Å². The van der Waals surface area contributed by atoms with Crippen molar-refractivity contribution in [2.75, 3.05) is 26.2 Å². The van der Waals surface area contributed by atoms with Gasteiger partial charge in [-0.1, -0.05) is 24.4 Å². The van der Waals surface area contributed by atoms with Crippen LogP contribution in [0.15, 0.2) is 12.1 Å². The zero-order chi connectivity index (χ0) is 17.3. The van der Waals surface area contributed by atoms with Crippen molar-refractivity contribution >= 4 is 11.6 Å².